The van der Waals surface area contributed by atoms with Crippen LogP contribution in [0.25, 0.3) is 0 Å². The van der Waals surface area contributed by atoms with Gasteiger partial charge < -0.3 is 14.8 Å². The van der Waals surface area contributed by atoms with Crippen LogP contribution in [0.1, 0.15) is 56.0 Å². The SMILES string of the molecule is CCc1cc(C(=O)NCC(O)CC(C)C)oc1CC. The molecule has 0 saturated heterocycles. The largest absolute Gasteiger partial charge is 0.456 e. The minimum atomic E-state index is -0.504. The maximum absolute atomic E-state index is 11.9. The molecule has 0 aromatic carbocycles. The van der Waals surface area contributed by atoms with Crippen molar-refractivity contribution in [1.29, 1.82) is 0 Å². The lowest BCUT2D eigenvalue weighted by Crippen LogP contribution is -2.32. The average molecular weight is 267 g/mol. The molecular formula is C15H25NO3. The summed E-state index contributed by atoms with van der Waals surface area (Å²) >= 11 is 0. The Kier molecular flexibility index (Phi) is 6.09. The minimum absolute atomic E-state index is 0.253. The van der Waals surface area contributed by atoms with Crippen molar-refractivity contribution in [3.63, 3.8) is 0 Å². The number of hydrogen-bond donors (Lipinski definition) is 2. The van der Waals surface area contributed by atoms with Gasteiger partial charge in [-0.3, -0.25) is 4.79 Å². The second-order valence-corrected chi connectivity index (χ2v) is 5.26. The topological polar surface area (TPSA) is 62.5 Å². The van der Waals surface area contributed by atoms with E-state index < -0.39 is 6.10 Å². The molecule has 0 aliphatic carbocycles. The monoisotopic (exact) mass is 267 g/mol. The molecule has 0 saturated carbocycles. The summed E-state index contributed by atoms with van der Waals surface area (Å²) in [5.41, 5.74) is 1.08. The minimum Gasteiger partial charge on any atom is -0.456 e. The first-order valence-electron chi connectivity index (χ1n) is 7.05. The Labute approximate surface area is 115 Å². The normalized spacial score (nSPS) is 12.7. The lowest BCUT2D eigenvalue weighted by molar-refractivity contribution is 0.0872. The van der Waals surface area contributed by atoms with Gasteiger partial charge in [0, 0.05) is 13.0 Å². The molecule has 0 spiro atoms. The van der Waals surface area contributed by atoms with E-state index in [1.165, 1.54) is 0 Å². The summed E-state index contributed by atoms with van der Waals surface area (Å²) < 4.78 is 5.54. The predicted molar refractivity (Wildman–Crippen MR) is 75.3 cm³/mol. The lowest BCUT2D eigenvalue weighted by atomic mass is 10.1. The van der Waals surface area contributed by atoms with Crippen molar-refractivity contribution < 1.29 is 14.3 Å². The van der Waals surface area contributed by atoms with E-state index in [-0.39, 0.29) is 12.5 Å². The number of amides is 1. The Bertz CT molecular complexity index is 388. The highest BCUT2D eigenvalue weighted by Gasteiger charge is 2.16. The zero-order chi connectivity index (χ0) is 14.4. The van der Waals surface area contributed by atoms with Crippen LogP contribution in [-0.4, -0.2) is 23.7 Å². The summed E-state index contributed by atoms with van der Waals surface area (Å²) in [4.78, 5) is 11.9. The third kappa shape index (κ3) is 4.71. The molecule has 1 aromatic heterocycles. The van der Waals surface area contributed by atoms with Gasteiger partial charge in [-0.05, 0) is 30.4 Å². The van der Waals surface area contributed by atoms with Crippen LogP contribution in [-0.2, 0) is 12.8 Å². The summed E-state index contributed by atoms with van der Waals surface area (Å²) in [6.45, 7) is 8.39. The molecule has 4 heteroatoms. The van der Waals surface area contributed by atoms with Gasteiger partial charge in [-0.2, -0.15) is 0 Å². The van der Waals surface area contributed by atoms with Crippen LogP contribution in [0.15, 0.2) is 10.5 Å². The summed E-state index contributed by atoms with van der Waals surface area (Å²) in [6.07, 6.45) is 1.82. The van der Waals surface area contributed by atoms with Gasteiger partial charge in [0.15, 0.2) is 5.76 Å². The molecule has 1 rings (SSSR count). The molecule has 0 radical (unpaired) electrons. The number of rotatable bonds is 7. The van der Waals surface area contributed by atoms with Crippen LogP contribution in [0.2, 0.25) is 0 Å². The highest BCUT2D eigenvalue weighted by Crippen LogP contribution is 2.17. The first kappa shape index (κ1) is 15.8. The molecule has 2 N–H and O–H groups in total. The van der Waals surface area contributed by atoms with Crippen LogP contribution < -0.4 is 5.32 Å². The Hall–Kier alpha value is -1.29. The summed E-state index contributed by atoms with van der Waals surface area (Å²) in [6, 6.07) is 1.79. The Balaban J connectivity index is 2.56. The van der Waals surface area contributed by atoms with Crippen LogP contribution in [0.5, 0.6) is 0 Å². The fraction of sp³-hybridized carbons (Fsp3) is 0.667. The highest BCUT2D eigenvalue weighted by molar-refractivity contribution is 5.91. The molecular weight excluding hydrogens is 242 g/mol. The van der Waals surface area contributed by atoms with Gasteiger partial charge in [-0.25, -0.2) is 0 Å². The van der Waals surface area contributed by atoms with Crippen LogP contribution in [0.4, 0.5) is 0 Å². The summed E-state index contributed by atoms with van der Waals surface area (Å²) in [5.74, 6) is 1.37. The number of carbonyl (C=O) groups is 1. The van der Waals surface area contributed by atoms with Gasteiger partial charge in [0.05, 0.1) is 6.10 Å². The lowest BCUT2D eigenvalue weighted by Gasteiger charge is -2.13. The molecule has 1 unspecified atom stereocenters. The standard InChI is InChI=1S/C15H25NO3/c1-5-11-8-14(19-13(11)6-2)15(18)16-9-12(17)7-10(3)4/h8,10,12,17H,5-7,9H2,1-4H3,(H,16,18). The number of aliphatic hydroxyl groups excluding tert-OH is 1. The zero-order valence-electron chi connectivity index (χ0n) is 12.3. The fourth-order valence-corrected chi connectivity index (χ4v) is 2.10. The van der Waals surface area contributed by atoms with Gasteiger partial charge in [-0.15, -0.1) is 0 Å². The van der Waals surface area contributed by atoms with Gasteiger partial charge in [0.25, 0.3) is 5.91 Å². The molecule has 108 valence electrons. The number of hydrogen-bond acceptors (Lipinski definition) is 3. The van der Waals surface area contributed by atoms with Crippen molar-refractivity contribution in [2.75, 3.05) is 6.54 Å². The molecule has 0 aliphatic heterocycles. The number of aryl methyl sites for hydroxylation is 2. The molecule has 1 amide bonds. The van der Waals surface area contributed by atoms with Gasteiger partial charge in [-0.1, -0.05) is 27.7 Å². The Morgan fingerprint density at radius 3 is 2.53 bits per heavy atom. The third-order valence-electron chi connectivity index (χ3n) is 3.06. The van der Waals surface area contributed by atoms with Crippen LogP contribution in [0.3, 0.4) is 0 Å². The van der Waals surface area contributed by atoms with E-state index in [1.54, 1.807) is 6.07 Å². The van der Waals surface area contributed by atoms with E-state index in [1.807, 2.05) is 27.7 Å². The maximum Gasteiger partial charge on any atom is 0.287 e. The van der Waals surface area contributed by atoms with E-state index in [2.05, 4.69) is 5.32 Å². The van der Waals surface area contributed by atoms with Gasteiger partial charge in [0.1, 0.15) is 5.76 Å². The van der Waals surface area contributed by atoms with Crippen molar-refractivity contribution in [1.82, 2.24) is 5.32 Å². The molecule has 1 atom stereocenters. The first-order valence-corrected chi connectivity index (χ1v) is 7.05. The van der Waals surface area contributed by atoms with Crippen LogP contribution >= 0.6 is 0 Å². The average Bonchev–Trinajstić information content (AvgIpc) is 2.78. The fourth-order valence-electron chi connectivity index (χ4n) is 2.10. The number of nitrogens with one attached hydrogen (secondary N) is 1. The van der Waals surface area contributed by atoms with Gasteiger partial charge in [0.2, 0.25) is 0 Å². The van der Waals surface area contributed by atoms with E-state index in [4.69, 9.17) is 4.42 Å². The smallest absolute Gasteiger partial charge is 0.287 e. The van der Waals surface area contributed by atoms with Crippen molar-refractivity contribution >= 4 is 5.91 Å². The molecule has 1 heterocycles. The number of aliphatic hydroxyl groups is 1. The predicted octanol–water partition coefficient (Wildman–Crippen LogP) is 2.54. The molecule has 4 nitrogen and oxygen atoms in total. The Morgan fingerprint density at radius 1 is 1.37 bits per heavy atom. The van der Waals surface area contributed by atoms with Crippen molar-refractivity contribution in [3.8, 4) is 0 Å². The molecule has 0 fully saturated rings. The molecule has 19 heavy (non-hydrogen) atoms. The quantitative estimate of drug-likeness (QED) is 0.798. The van der Waals surface area contributed by atoms with E-state index in [9.17, 15) is 9.90 Å². The Morgan fingerprint density at radius 2 is 2.05 bits per heavy atom. The van der Waals surface area contributed by atoms with E-state index >= 15 is 0 Å². The second kappa shape index (κ2) is 7.34. The zero-order valence-corrected chi connectivity index (χ0v) is 12.3. The highest BCUT2D eigenvalue weighted by atomic mass is 16.4. The molecule has 1 aromatic rings. The first-order chi connectivity index (χ1) is 8.97. The van der Waals surface area contributed by atoms with Crippen molar-refractivity contribution in [3.05, 3.63) is 23.2 Å². The number of furan rings is 1. The summed E-state index contributed by atoms with van der Waals surface area (Å²) in [5, 5.41) is 12.4. The maximum atomic E-state index is 11.9. The third-order valence-corrected chi connectivity index (χ3v) is 3.06. The van der Waals surface area contributed by atoms with E-state index in [0.717, 1.165) is 24.2 Å². The number of carbonyl (C=O) groups excluding carboxylic acids is 1. The molecule has 0 aliphatic rings. The van der Waals surface area contributed by atoms with Crippen molar-refractivity contribution in [2.45, 2.75) is 53.1 Å². The van der Waals surface area contributed by atoms with Crippen LogP contribution in [0, 0.1) is 5.92 Å². The summed E-state index contributed by atoms with van der Waals surface area (Å²) in [7, 11) is 0. The van der Waals surface area contributed by atoms with E-state index in [0.29, 0.717) is 18.1 Å². The van der Waals surface area contributed by atoms with Gasteiger partial charge >= 0.3 is 0 Å². The molecule has 0 bridgehead atoms. The van der Waals surface area contributed by atoms with Crippen molar-refractivity contribution in [2.24, 2.45) is 5.92 Å². The second-order valence-electron chi connectivity index (χ2n) is 5.26.